The van der Waals surface area contributed by atoms with Crippen LogP contribution >= 0.6 is 0 Å². The van der Waals surface area contributed by atoms with Crippen molar-refractivity contribution in [3.05, 3.63) is 81.9 Å². The highest BCUT2D eigenvalue weighted by atomic mass is 16.5. The zero-order valence-electron chi connectivity index (χ0n) is 18.5. The first-order valence-corrected chi connectivity index (χ1v) is 10.4. The maximum atomic E-state index is 13.2. The lowest BCUT2D eigenvalue weighted by molar-refractivity contribution is -0.124. The summed E-state index contributed by atoms with van der Waals surface area (Å²) in [6, 6.07) is 16.2. The van der Waals surface area contributed by atoms with Gasteiger partial charge < -0.3 is 10.1 Å². The van der Waals surface area contributed by atoms with Crippen LogP contribution in [0.25, 0.3) is 16.6 Å². The van der Waals surface area contributed by atoms with E-state index in [1.165, 1.54) is 4.68 Å². The average Bonchev–Trinajstić information content (AvgIpc) is 3.18. The van der Waals surface area contributed by atoms with Crippen molar-refractivity contribution in [1.82, 2.24) is 24.9 Å². The van der Waals surface area contributed by atoms with E-state index in [1.54, 1.807) is 18.7 Å². The van der Waals surface area contributed by atoms with Crippen LogP contribution < -0.4 is 15.6 Å². The molecule has 32 heavy (non-hydrogen) atoms. The van der Waals surface area contributed by atoms with Gasteiger partial charge in [-0.2, -0.15) is 10.2 Å². The molecular weight excluding hydrogens is 406 g/mol. The van der Waals surface area contributed by atoms with Gasteiger partial charge in [0.05, 0.1) is 29.6 Å². The first kappa shape index (κ1) is 21.3. The molecule has 164 valence electrons. The van der Waals surface area contributed by atoms with Gasteiger partial charge in [0.15, 0.2) is 5.52 Å². The van der Waals surface area contributed by atoms with Gasteiger partial charge in [0.25, 0.3) is 5.56 Å². The smallest absolute Gasteiger partial charge is 0.295 e. The molecule has 0 spiro atoms. The number of ether oxygens (including phenoxy) is 1. The third-order valence-corrected chi connectivity index (χ3v) is 5.52. The van der Waals surface area contributed by atoms with Crippen molar-refractivity contribution in [2.24, 2.45) is 0 Å². The van der Waals surface area contributed by atoms with Crippen molar-refractivity contribution < 1.29 is 9.53 Å². The van der Waals surface area contributed by atoms with E-state index in [2.05, 4.69) is 15.5 Å². The van der Waals surface area contributed by atoms with Gasteiger partial charge >= 0.3 is 0 Å². The predicted octanol–water partition coefficient (Wildman–Crippen LogP) is 3.09. The molecule has 0 bridgehead atoms. The molecule has 1 atom stereocenters. The Morgan fingerprint density at radius 3 is 2.41 bits per heavy atom. The molecule has 2 heterocycles. The number of aryl methyl sites for hydroxylation is 2. The first-order chi connectivity index (χ1) is 15.4. The zero-order valence-corrected chi connectivity index (χ0v) is 18.5. The maximum absolute atomic E-state index is 13.2. The highest BCUT2D eigenvalue weighted by molar-refractivity contribution is 5.84. The number of para-hydroxylation sites is 1. The lowest BCUT2D eigenvalue weighted by Crippen LogP contribution is -2.37. The van der Waals surface area contributed by atoms with Crippen molar-refractivity contribution in [1.29, 1.82) is 0 Å². The normalized spacial score (nSPS) is 12.0. The number of nitrogens with zero attached hydrogens (tertiary/aromatic N) is 4. The Balaban J connectivity index is 1.62. The van der Waals surface area contributed by atoms with E-state index >= 15 is 0 Å². The standard InChI is InChI=1S/C24H25N5O3/c1-15-21-16(2)28(19-8-6-5-7-9-19)27-22(21)24(31)29(26-15)17(3)23(30)25-14-18-10-12-20(32-4)13-11-18/h5-13,17H,14H2,1-4H3,(H,25,30)/t17-/m1/s1. The number of carbonyl (C=O) groups is 1. The molecule has 0 aliphatic heterocycles. The molecule has 1 amide bonds. The number of benzene rings is 2. The fourth-order valence-corrected chi connectivity index (χ4v) is 3.73. The summed E-state index contributed by atoms with van der Waals surface area (Å²) in [7, 11) is 1.60. The average molecular weight is 431 g/mol. The first-order valence-electron chi connectivity index (χ1n) is 10.4. The van der Waals surface area contributed by atoms with Crippen LogP contribution in [0.4, 0.5) is 0 Å². The Hall–Kier alpha value is -3.94. The van der Waals surface area contributed by atoms with Crippen LogP contribution in [0.2, 0.25) is 0 Å². The van der Waals surface area contributed by atoms with E-state index in [4.69, 9.17) is 4.74 Å². The fourth-order valence-electron chi connectivity index (χ4n) is 3.73. The monoisotopic (exact) mass is 431 g/mol. The minimum Gasteiger partial charge on any atom is -0.497 e. The molecule has 4 rings (SSSR count). The summed E-state index contributed by atoms with van der Waals surface area (Å²) in [4.78, 5) is 26.0. The van der Waals surface area contributed by atoms with Crippen molar-refractivity contribution in [2.45, 2.75) is 33.4 Å². The second kappa shape index (κ2) is 8.66. The van der Waals surface area contributed by atoms with E-state index < -0.39 is 11.6 Å². The van der Waals surface area contributed by atoms with E-state index in [-0.39, 0.29) is 5.91 Å². The largest absolute Gasteiger partial charge is 0.497 e. The van der Waals surface area contributed by atoms with Crippen LogP contribution in [0.3, 0.4) is 0 Å². The van der Waals surface area contributed by atoms with E-state index in [1.807, 2.05) is 68.4 Å². The number of carbonyl (C=O) groups excluding carboxylic acids is 1. The topological polar surface area (TPSA) is 91.0 Å². The highest BCUT2D eigenvalue weighted by Crippen LogP contribution is 2.21. The molecule has 0 saturated carbocycles. The second-order valence-corrected chi connectivity index (χ2v) is 7.63. The lowest BCUT2D eigenvalue weighted by Gasteiger charge is -2.15. The van der Waals surface area contributed by atoms with Crippen LogP contribution in [0, 0.1) is 13.8 Å². The number of methoxy groups -OCH3 is 1. The second-order valence-electron chi connectivity index (χ2n) is 7.63. The number of amides is 1. The molecule has 2 aromatic carbocycles. The summed E-state index contributed by atoms with van der Waals surface area (Å²) in [6.45, 7) is 5.73. The summed E-state index contributed by atoms with van der Waals surface area (Å²) in [6.07, 6.45) is 0. The van der Waals surface area contributed by atoms with E-state index in [9.17, 15) is 9.59 Å². The van der Waals surface area contributed by atoms with Gasteiger partial charge in [-0.25, -0.2) is 9.36 Å². The van der Waals surface area contributed by atoms with Gasteiger partial charge in [-0.1, -0.05) is 30.3 Å². The fraction of sp³-hybridized carbons (Fsp3) is 0.250. The molecule has 0 aliphatic carbocycles. The Morgan fingerprint density at radius 1 is 1.06 bits per heavy atom. The van der Waals surface area contributed by atoms with Gasteiger partial charge in [0.2, 0.25) is 5.91 Å². The Kier molecular flexibility index (Phi) is 5.77. The summed E-state index contributed by atoms with van der Waals surface area (Å²) in [5.41, 5.74) is 3.17. The maximum Gasteiger partial charge on any atom is 0.295 e. The number of nitrogens with one attached hydrogen (secondary N) is 1. The van der Waals surface area contributed by atoms with Gasteiger partial charge in [-0.3, -0.25) is 9.59 Å². The Labute approximate surface area is 185 Å². The molecule has 8 heteroatoms. The van der Waals surface area contributed by atoms with Crippen molar-refractivity contribution >= 4 is 16.8 Å². The van der Waals surface area contributed by atoms with Crippen molar-refractivity contribution in [3.63, 3.8) is 0 Å². The van der Waals surface area contributed by atoms with Crippen molar-refractivity contribution in [3.8, 4) is 11.4 Å². The third kappa shape index (κ3) is 3.87. The Morgan fingerprint density at radius 2 is 1.75 bits per heavy atom. The number of aromatic nitrogens is 4. The van der Waals surface area contributed by atoms with Crippen LogP contribution in [0.15, 0.2) is 59.4 Å². The van der Waals surface area contributed by atoms with Gasteiger partial charge in [0, 0.05) is 6.54 Å². The number of fused-ring (bicyclic) bond motifs is 1. The summed E-state index contributed by atoms with van der Waals surface area (Å²) in [5.74, 6) is 0.451. The van der Waals surface area contributed by atoms with Crippen molar-refractivity contribution in [2.75, 3.05) is 7.11 Å². The minimum absolute atomic E-state index is 0.298. The molecule has 0 radical (unpaired) electrons. The summed E-state index contributed by atoms with van der Waals surface area (Å²) < 4.78 is 8.09. The Bertz CT molecular complexity index is 1320. The molecular formula is C24H25N5O3. The number of rotatable bonds is 6. The van der Waals surface area contributed by atoms with E-state index in [0.29, 0.717) is 23.1 Å². The van der Waals surface area contributed by atoms with E-state index in [0.717, 1.165) is 22.7 Å². The molecule has 1 N–H and O–H groups in total. The lowest BCUT2D eigenvalue weighted by atomic mass is 10.2. The SMILES string of the molecule is COc1ccc(CNC(=O)[C@@H](C)n2nc(C)c3c(C)n(-c4ccccc4)nc3c2=O)cc1. The molecule has 0 saturated heterocycles. The van der Waals surface area contributed by atoms with Gasteiger partial charge in [-0.05, 0) is 50.6 Å². The third-order valence-electron chi connectivity index (χ3n) is 5.52. The summed E-state index contributed by atoms with van der Waals surface area (Å²) >= 11 is 0. The number of hydrogen-bond acceptors (Lipinski definition) is 5. The zero-order chi connectivity index (χ0) is 22.8. The van der Waals surface area contributed by atoms with Crippen LogP contribution in [0.5, 0.6) is 5.75 Å². The van der Waals surface area contributed by atoms with Gasteiger partial charge in [0.1, 0.15) is 11.8 Å². The summed E-state index contributed by atoms with van der Waals surface area (Å²) in [5, 5.41) is 12.6. The number of hydrogen-bond donors (Lipinski definition) is 1. The predicted molar refractivity (Wildman–Crippen MR) is 122 cm³/mol. The van der Waals surface area contributed by atoms with Crippen LogP contribution in [-0.4, -0.2) is 32.6 Å². The molecule has 0 aliphatic rings. The molecule has 8 nitrogen and oxygen atoms in total. The molecule has 2 aromatic heterocycles. The van der Waals surface area contributed by atoms with Crippen LogP contribution in [0.1, 0.15) is 29.9 Å². The van der Waals surface area contributed by atoms with Crippen LogP contribution in [-0.2, 0) is 11.3 Å². The highest BCUT2D eigenvalue weighted by Gasteiger charge is 2.23. The minimum atomic E-state index is -0.786. The quantitative estimate of drug-likeness (QED) is 0.507. The molecule has 0 unspecified atom stereocenters. The molecule has 4 aromatic rings. The molecule has 0 fully saturated rings. The van der Waals surface area contributed by atoms with Gasteiger partial charge in [-0.15, -0.1) is 0 Å².